The zero-order valence-electron chi connectivity index (χ0n) is 17.0. The van der Waals surface area contributed by atoms with Gasteiger partial charge < -0.3 is 10.0 Å². The predicted molar refractivity (Wildman–Crippen MR) is 120 cm³/mol. The second kappa shape index (κ2) is 7.86. The molecule has 30 heavy (non-hydrogen) atoms. The van der Waals surface area contributed by atoms with E-state index in [9.17, 15) is 9.90 Å². The van der Waals surface area contributed by atoms with Crippen LogP contribution in [0.1, 0.15) is 41.1 Å². The van der Waals surface area contributed by atoms with Gasteiger partial charge in [0.25, 0.3) is 0 Å². The summed E-state index contributed by atoms with van der Waals surface area (Å²) in [6, 6.07) is 24.8. The number of hydrogen-bond donors (Lipinski definition) is 1. The Hall–Kier alpha value is -3.27. The summed E-state index contributed by atoms with van der Waals surface area (Å²) in [4.78, 5) is 16.3. The van der Waals surface area contributed by atoms with Gasteiger partial charge in [0.15, 0.2) is 0 Å². The number of fused-ring (bicyclic) bond motifs is 2. The van der Waals surface area contributed by atoms with E-state index in [0.717, 1.165) is 50.0 Å². The molecule has 0 saturated carbocycles. The minimum absolute atomic E-state index is 0.118. The third-order valence-corrected chi connectivity index (χ3v) is 6.40. The smallest absolute Gasteiger partial charge is 0.412 e. The fraction of sp³-hybridized carbons (Fsp3) is 0.269. The van der Waals surface area contributed by atoms with Crippen molar-refractivity contribution in [3.63, 3.8) is 0 Å². The van der Waals surface area contributed by atoms with Gasteiger partial charge in [-0.05, 0) is 66.1 Å². The predicted octanol–water partition coefficient (Wildman–Crippen LogP) is 5.81. The van der Waals surface area contributed by atoms with E-state index in [-0.39, 0.29) is 6.04 Å². The number of nitrogens with zero attached hydrogens (tertiary/aromatic N) is 2. The number of carboxylic acid groups (broad SMARTS) is 1. The standard InChI is InChI=1S/C26H26N2O2/c29-26(30)28(25-12-6-10-20-9-4-5-11-23(20)25)22-13-14-24-21(17-22)15-16-27(24)18-19-7-2-1-3-8-19/h1-5,7-9,11,13-14,17,25H,6,10,12,15-16,18H2,(H,29,30). The van der Waals surface area contributed by atoms with Crippen LogP contribution in [-0.4, -0.2) is 17.7 Å². The Bertz CT molecular complexity index is 1060. The summed E-state index contributed by atoms with van der Waals surface area (Å²) in [7, 11) is 0. The van der Waals surface area contributed by atoms with Gasteiger partial charge in [0.1, 0.15) is 0 Å². The Morgan fingerprint density at radius 2 is 1.77 bits per heavy atom. The average Bonchev–Trinajstić information content (AvgIpc) is 3.17. The molecule has 1 aliphatic carbocycles. The molecule has 1 unspecified atom stereocenters. The number of amides is 1. The van der Waals surface area contributed by atoms with E-state index in [2.05, 4.69) is 53.4 Å². The van der Waals surface area contributed by atoms with Gasteiger partial charge in [-0.1, -0.05) is 54.6 Å². The Kier molecular flexibility index (Phi) is 4.91. The molecule has 3 aromatic carbocycles. The lowest BCUT2D eigenvalue weighted by Crippen LogP contribution is -2.35. The topological polar surface area (TPSA) is 43.8 Å². The lowest BCUT2D eigenvalue weighted by Gasteiger charge is -2.34. The molecule has 0 radical (unpaired) electrons. The van der Waals surface area contributed by atoms with Gasteiger partial charge in [0, 0.05) is 24.5 Å². The summed E-state index contributed by atoms with van der Waals surface area (Å²) < 4.78 is 0. The van der Waals surface area contributed by atoms with Gasteiger partial charge in [0.2, 0.25) is 0 Å². The summed E-state index contributed by atoms with van der Waals surface area (Å²) in [6.45, 7) is 1.85. The molecule has 5 rings (SSSR count). The van der Waals surface area contributed by atoms with Gasteiger partial charge in [-0.25, -0.2) is 4.79 Å². The molecule has 3 aromatic rings. The molecule has 1 aliphatic heterocycles. The monoisotopic (exact) mass is 398 g/mol. The van der Waals surface area contributed by atoms with Crippen LogP contribution in [0.2, 0.25) is 0 Å². The highest BCUT2D eigenvalue weighted by Gasteiger charge is 2.31. The molecule has 1 atom stereocenters. The highest BCUT2D eigenvalue weighted by atomic mass is 16.4. The van der Waals surface area contributed by atoms with Crippen molar-refractivity contribution < 1.29 is 9.90 Å². The number of anilines is 2. The summed E-state index contributed by atoms with van der Waals surface area (Å²) in [5, 5.41) is 10.1. The highest BCUT2D eigenvalue weighted by molar-refractivity contribution is 5.88. The fourth-order valence-corrected chi connectivity index (χ4v) is 4.99. The van der Waals surface area contributed by atoms with E-state index >= 15 is 0 Å². The molecule has 4 nitrogen and oxygen atoms in total. The van der Waals surface area contributed by atoms with Crippen LogP contribution in [-0.2, 0) is 19.4 Å². The van der Waals surface area contributed by atoms with Crippen molar-refractivity contribution in [1.82, 2.24) is 0 Å². The zero-order valence-corrected chi connectivity index (χ0v) is 17.0. The Morgan fingerprint density at radius 3 is 2.60 bits per heavy atom. The van der Waals surface area contributed by atoms with E-state index in [1.807, 2.05) is 24.3 Å². The minimum Gasteiger partial charge on any atom is -0.465 e. The average molecular weight is 399 g/mol. The van der Waals surface area contributed by atoms with E-state index in [1.54, 1.807) is 4.90 Å². The van der Waals surface area contributed by atoms with Gasteiger partial charge in [-0.15, -0.1) is 0 Å². The van der Waals surface area contributed by atoms with Crippen LogP contribution in [0, 0.1) is 0 Å². The van der Waals surface area contributed by atoms with Crippen molar-refractivity contribution in [3.8, 4) is 0 Å². The third kappa shape index (κ3) is 3.43. The van der Waals surface area contributed by atoms with E-state index in [0.29, 0.717) is 0 Å². The third-order valence-electron chi connectivity index (χ3n) is 6.40. The lowest BCUT2D eigenvalue weighted by atomic mass is 9.86. The molecule has 4 heteroatoms. The quantitative estimate of drug-likeness (QED) is 0.603. The van der Waals surface area contributed by atoms with Gasteiger partial charge in [0.05, 0.1) is 6.04 Å². The van der Waals surface area contributed by atoms with Crippen LogP contribution >= 0.6 is 0 Å². The second-order valence-corrected chi connectivity index (χ2v) is 8.23. The van der Waals surface area contributed by atoms with Gasteiger partial charge >= 0.3 is 6.09 Å². The molecule has 0 fully saturated rings. The Labute approximate surface area is 177 Å². The summed E-state index contributed by atoms with van der Waals surface area (Å²) in [6.07, 6.45) is 2.97. The lowest BCUT2D eigenvalue weighted by molar-refractivity contribution is 0.198. The summed E-state index contributed by atoms with van der Waals surface area (Å²) in [5.41, 5.74) is 6.95. The first-order valence-electron chi connectivity index (χ1n) is 10.7. The highest BCUT2D eigenvalue weighted by Crippen LogP contribution is 2.39. The van der Waals surface area contributed by atoms with Crippen LogP contribution in [0.25, 0.3) is 0 Å². The molecule has 0 bridgehead atoms. The molecule has 0 saturated heterocycles. The summed E-state index contributed by atoms with van der Waals surface area (Å²) >= 11 is 0. The van der Waals surface area contributed by atoms with Crippen molar-refractivity contribution >= 4 is 17.5 Å². The van der Waals surface area contributed by atoms with Crippen molar-refractivity contribution in [3.05, 3.63) is 95.1 Å². The number of hydrogen-bond acceptors (Lipinski definition) is 2. The SMILES string of the molecule is O=C(O)N(c1ccc2c(c1)CCN2Cc1ccccc1)C1CCCc2ccccc21. The molecule has 152 valence electrons. The number of carbonyl (C=O) groups is 1. The minimum atomic E-state index is -0.879. The molecular weight excluding hydrogens is 372 g/mol. The number of rotatable bonds is 4. The molecular formula is C26H26N2O2. The van der Waals surface area contributed by atoms with E-state index in [4.69, 9.17) is 0 Å². The molecule has 1 N–H and O–H groups in total. The van der Waals surface area contributed by atoms with Crippen molar-refractivity contribution in [2.24, 2.45) is 0 Å². The van der Waals surface area contributed by atoms with Gasteiger partial charge in [-0.3, -0.25) is 4.90 Å². The van der Waals surface area contributed by atoms with Crippen LogP contribution in [0.3, 0.4) is 0 Å². The van der Waals surface area contributed by atoms with Crippen LogP contribution in [0.4, 0.5) is 16.2 Å². The van der Waals surface area contributed by atoms with E-state index < -0.39 is 6.09 Å². The first kappa shape index (κ1) is 18.7. The molecule has 1 amide bonds. The van der Waals surface area contributed by atoms with Crippen LogP contribution < -0.4 is 9.80 Å². The van der Waals surface area contributed by atoms with Crippen molar-refractivity contribution in [2.45, 2.75) is 38.3 Å². The van der Waals surface area contributed by atoms with Crippen LogP contribution in [0.5, 0.6) is 0 Å². The first-order chi connectivity index (χ1) is 14.7. The fourth-order valence-electron chi connectivity index (χ4n) is 4.99. The second-order valence-electron chi connectivity index (χ2n) is 8.23. The Balaban J connectivity index is 1.45. The maximum absolute atomic E-state index is 12.3. The Morgan fingerprint density at radius 1 is 0.967 bits per heavy atom. The molecule has 2 aliphatic rings. The van der Waals surface area contributed by atoms with Crippen molar-refractivity contribution in [1.29, 1.82) is 0 Å². The van der Waals surface area contributed by atoms with Crippen molar-refractivity contribution in [2.75, 3.05) is 16.3 Å². The normalized spacial score (nSPS) is 17.3. The largest absolute Gasteiger partial charge is 0.465 e. The first-order valence-corrected chi connectivity index (χ1v) is 10.7. The maximum Gasteiger partial charge on any atom is 0.412 e. The molecule has 0 spiro atoms. The van der Waals surface area contributed by atoms with Gasteiger partial charge in [-0.2, -0.15) is 0 Å². The number of aryl methyl sites for hydroxylation is 1. The number of benzene rings is 3. The van der Waals surface area contributed by atoms with Crippen LogP contribution in [0.15, 0.2) is 72.8 Å². The maximum atomic E-state index is 12.3. The summed E-state index contributed by atoms with van der Waals surface area (Å²) in [5.74, 6) is 0. The molecule has 1 heterocycles. The van der Waals surface area contributed by atoms with E-state index in [1.165, 1.54) is 22.4 Å². The molecule has 0 aromatic heterocycles. The zero-order chi connectivity index (χ0) is 20.5.